The van der Waals surface area contributed by atoms with Gasteiger partial charge in [0, 0.05) is 0 Å². The van der Waals surface area contributed by atoms with E-state index >= 15 is 0 Å². The molecule has 5 rings (SSSR count). The molecule has 1 aromatic heterocycles. The molecular weight excluding hydrogens is 442 g/mol. The Morgan fingerprint density at radius 1 is 0.806 bits per heavy atom. The third kappa shape index (κ3) is 4.45. The van der Waals surface area contributed by atoms with Crippen LogP contribution in [0.2, 0.25) is 0 Å². The number of aromatic nitrogens is 3. The van der Waals surface area contributed by atoms with E-state index < -0.39 is 0 Å². The summed E-state index contributed by atoms with van der Waals surface area (Å²) in [4.78, 5) is 1.62. The Kier molecular flexibility index (Phi) is 6.46. The van der Waals surface area contributed by atoms with E-state index in [1.807, 2.05) is 24.3 Å². The maximum absolute atomic E-state index is 11.6. The molecule has 0 fully saturated rings. The number of fused-ring (bicyclic) bond motifs is 1. The summed E-state index contributed by atoms with van der Waals surface area (Å²) in [5.41, 5.74) is 4.49. The van der Waals surface area contributed by atoms with E-state index in [9.17, 15) is 5.11 Å². The van der Waals surface area contributed by atoms with Crippen molar-refractivity contribution in [3.8, 4) is 11.4 Å². The molecule has 0 radical (unpaired) electrons. The fraction of sp³-hybridized carbons (Fsp3) is 0.375. The minimum Gasteiger partial charge on any atom is -0.505 e. The minimum atomic E-state index is -0.0341. The molecule has 2 aromatic carbocycles. The van der Waals surface area contributed by atoms with Crippen LogP contribution in [0.3, 0.4) is 0 Å². The van der Waals surface area contributed by atoms with Crippen molar-refractivity contribution < 1.29 is 5.11 Å². The summed E-state index contributed by atoms with van der Waals surface area (Å²) in [6.07, 6.45) is 21.5. The van der Waals surface area contributed by atoms with Gasteiger partial charge < -0.3 is 5.11 Å². The average Bonchev–Trinajstić information content (AvgIpc) is 3.31. The number of phenols is 1. The number of benzene rings is 2. The molecule has 1 heterocycles. The molecule has 186 valence electrons. The molecule has 0 saturated carbocycles. The van der Waals surface area contributed by atoms with Crippen LogP contribution in [-0.2, 0) is 12.8 Å². The summed E-state index contributed by atoms with van der Waals surface area (Å²) in [6, 6.07) is 12.2. The summed E-state index contributed by atoms with van der Waals surface area (Å²) in [5.74, 6) is 1.20. The molecule has 0 amide bonds. The highest BCUT2D eigenvalue weighted by molar-refractivity contribution is 5.73. The van der Waals surface area contributed by atoms with Crippen LogP contribution >= 0.6 is 0 Å². The van der Waals surface area contributed by atoms with Crippen LogP contribution in [0.25, 0.3) is 16.7 Å². The second kappa shape index (κ2) is 9.57. The Morgan fingerprint density at radius 3 is 1.86 bits per heavy atom. The lowest BCUT2D eigenvalue weighted by Gasteiger charge is -2.37. The summed E-state index contributed by atoms with van der Waals surface area (Å²) in [7, 11) is 0. The fourth-order valence-electron chi connectivity index (χ4n) is 5.72. The topological polar surface area (TPSA) is 50.9 Å². The second-order valence-electron chi connectivity index (χ2n) is 11.2. The SMILES string of the molecule is CC(C)C1(Cc2cc(CC3(C(C)C)C=CC=CC3)c(O)c(-n3nc4ccccc4n3)c2)C=CC=CC1. The summed E-state index contributed by atoms with van der Waals surface area (Å²) in [5, 5.41) is 21.1. The maximum Gasteiger partial charge on any atom is 0.146 e. The predicted octanol–water partition coefficient (Wildman–Crippen LogP) is 7.53. The number of phenolic OH excluding ortho intramolecular Hbond substituents is 1. The molecule has 0 saturated heterocycles. The molecule has 2 atom stereocenters. The van der Waals surface area contributed by atoms with Crippen molar-refractivity contribution in [3.05, 3.63) is 96.1 Å². The van der Waals surface area contributed by atoms with Crippen molar-refractivity contribution in [3.63, 3.8) is 0 Å². The van der Waals surface area contributed by atoms with Crippen molar-refractivity contribution in [1.29, 1.82) is 0 Å². The first kappa shape index (κ1) is 24.3. The van der Waals surface area contributed by atoms with Crippen molar-refractivity contribution in [2.45, 2.75) is 53.4 Å². The number of aromatic hydroxyl groups is 1. The number of hydrogen-bond acceptors (Lipinski definition) is 3. The molecule has 1 N–H and O–H groups in total. The Morgan fingerprint density at radius 2 is 1.36 bits per heavy atom. The number of nitrogens with zero attached hydrogens (tertiary/aromatic N) is 3. The van der Waals surface area contributed by atoms with Gasteiger partial charge in [-0.2, -0.15) is 0 Å². The molecular formula is C32H37N3O. The standard InChI is InChI=1S/C32H37N3O/c1-23(2)31(15-9-5-10-16-31)21-25-19-26(22-32(24(3)4)17-11-6-12-18-32)30(36)29(20-25)35-33-27-13-7-8-14-28(27)34-35/h5-15,17,19-20,23-24,36H,16,18,21-22H2,1-4H3. The van der Waals surface area contributed by atoms with Crippen molar-refractivity contribution in [2.24, 2.45) is 22.7 Å². The van der Waals surface area contributed by atoms with Gasteiger partial charge in [0.15, 0.2) is 0 Å². The van der Waals surface area contributed by atoms with Crippen LogP contribution in [0.5, 0.6) is 5.75 Å². The lowest BCUT2D eigenvalue weighted by molar-refractivity contribution is 0.258. The minimum absolute atomic E-state index is 0.0341. The average molecular weight is 480 g/mol. The first-order chi connectivity index (χ1) is 17.3. The molecule has 2 unspecified atom stereocenters. The predicted molar refractivity (Wildman–Crippen MR) is 148 cm³/mol. The van der Waals surface area contributed by atoms with Gasteiger partial charge in [0.05, 0.1) is 0 Å². The molecule has 4 heteroatoms. The van der Waals surface area contributed by atoms with Crippen molar-refractivity contribution in [1.82, 2.24) is 15.0 Å². The Bertz CT molecular complexity index is 1340. The summed E-state index contributed by atoms with van der Waals surface area (Å²) < 4.78 is 0. The molecule has 2 aliphatic rings. The number of rotatable bonds is 7. The lowest BCUT2D eigenvalue weighted by atomic mass is 9.67. The van der Waals surface area contributed by atoms with Crippen LogP contribution in [0.4, 0.5) is 0 Å². The van der Waals surface area contributed by atoms with E-state index in [1.165, 1.54) is 5.56 Å². The molecule has 3 aromatic rings. The van der Waals surface area contributed by atoms with Gasteiger partial charge in [-0.1, -0.05) is 94.5 Å². The molecule has 36 heavy (non-hydrogen) atoms. The molecule has 2 aliphatic carbocycles. The third-order valence-electron chi connectivity index (χ3n) is 8.43. The van der Waals surface area contributed by atoms with Crippen LogP contribution in [0.1, 0.15) is 51.7 Å². The normalized spacial score (nSPS) is 23.4. The summed E-state index contributed by atoms with van der Waals surface area (Å²) in [6.45, 7) is 9.17. The molecule has 0 bridgehead atoms. The monoisotopic (exact) mass is 479 g/mol. The van der Waals surface area contributed by atoms with Crippen LogP contribution in [0, 0.1) is 22.7 Å². The van der Waals surface area contributed by atoms with E-state index in [1.54, 1.807) is 4.80 Å². The van der Waals surface area contributed by atoms with E-state index in [4.69, 9.17) is 10.2 Å². The smallest absolute Gasteiger partial charge is 0.146 e. The van der Waals surface area contributed by atoms with Crippen LogP contribution in [0.15, 0.2) is 85.0 Å². The van der Waals surface area contributed by atoms with E-state index in [-0.39, 0.29) is 16.6 Å². The number of allylic oxidation sites excluding steroid dienone is 8. The van der Waals surface area contributed by atoms with Crippen LogP contribution in [-0.4, -0.2) is 20.1 Å². The molecule has 0 spiro atoms. The van der Waals surface area contributed by atoms with E-state index in [0.717, 1.165) is 42.3 Å². The highest BCUT2D eigenvalue weighted by atomic mass is 16.3. The highest BCUT2D eigenvalue weighted by Crippen LogP contribution is 2.44. The zero-order chi connectivity index (χ0) is 25.3. The van der Waals surface area contributed by atoms with E-state index in [2.05, 4.69) is 88.4 Å². The highest BCUT2D eigenvalue weighted by Gasteiger charge is 2.35. The Balaban J connectivity index is 1.63. The number of hydrogen-bond donors (Lipinski definition) is 1. The van der Waals surface area contributed by atoms with Gasteiger partial charge in [0.2, 0.25) is 0 Å². The largest absolute Gasteiger partial charge is 0.505 e. The lowest BCUT2D eigenvalue weighted by Crippen LogP contribution is -2.29. The van der Waals surface area contributed by atoms with Gasteiger partial charge >= 0.3 is 0 Å². The first-order valence-electron chi connectivity index (χ1n) is 13.2. The zero-order valence-corrected chi connectivity index (χ0v) is 21.9. The van der Waals surface area contributed by atoms with Crippen molar-refractivity contribution >= 4 is 11.0 Å². The van der Waals surface area contributed by atoms with Crippen LogP contribution < -0.4 is 0 Å². The van der Waals surface area contributed by atoms with E-state index in [0.29, 0.717) is 17.5 Å². The fourth-order valence-corrected chi connectivity index (χ4v) is 5.72. The molecule has 4 nitrogen and oxygen atoms in total. The van der Waals surface area contributed by atoms with Gasteiger partial charge in [-0.15, -0.1) is 15.0 Å². The summed E-state index contributed by atoms with van der Waals surface area (Å²) >= 11 is 0. The van der Waals surface area contributed by atoms with Gasteiger partial charge in [-0.3, -0.25) is 0 Å². The zero-order valence-electron chi connectivity index (χ0n) is 21.9. The second-order valence-corrected chi connectivity index (χ2v) is 11.2. The van der Waals surface area contributed by atoms with Gasteiger partial charge in [-0.25, -0.2) is 0 Å². The molecule has 0 aliphatic heterocycles. The van der Waals surface area contributed by atoms with Gasteiger partial charge in [-0.05, 0) is 77.7 Å². The Hall–Kier alpha value is -3.40. The maximum atomic E-state index is 11.6. The van der Waals surface area contributed by atoms with Crippen molar-refractivity contribution in [2.75, 3.05) is 0 Å². The van der Waals surface area contributed by atoms with Gasteiger partial charge in [0.1, 0.15) is 22.5 Å². The first-order valence-corrected chi connectivity index (χ1v) is 13.2. The third-order valence-corrected chi connectivity index (χ3v) is 8.43. The Labute approximate surface area is 214 Å². The quantitative estimate of drug-likeness (QED) is 0.381. The van der Waals surface area contributed by atoms with Gasteiger partial charge in [0.25, 0.3) is 0 Å².